The molecular weight excluding hydrogens is 395 g/mol. The first-order valence-electron chi connectivity index (χ1n) is 10.2. The Kier molecular flexibility index (Phi) is 6.08. The number of halogens is 1. The van der Waals surface area contributed by atoms with Crippen LogP contribution in [0.2, 0.25) is 0 Å². The zero-order chi connectivity index (χ0) is 21.8. The Labute approximate surface area is 180 Å². The summed E-state index contributed by atoms with van der Waals surface area (Å²) in [4.78, 5) is 4.59. The Morgan fingerprint density at radius 3 is 2.55 bits per heavy atom. The first kappa shape index (κ1) is 20.7. The first-order valence-corrected chi connectivity index (χ1v) is 10.2. The largest absolute Gasteiger partial charge is 0.359 e. The van der Waals surface area contributed by atoms with Crippen LogP contribution >= 0.6 is 0 Å². The molecule has 0 fully saturated rings. The van der Waals surface area contributed by atoms with Gasteiger partial charge in [0, 0.05) is 19.2 Å². The van der Waals surface area contributed by atoms with Crippen molar-refractivity contribution in [3.8, 4) is 22.6 Å². The van der Waals surface area contributed by atoms with Crippen molar-refractivity contribution in [2.75, 3.05) is 11.9 Å². The molecule has 4 aromatic rings. The average Bonchev–Trinajstić information content (AvgIpc) is 3.36. The molecule has 4 rings (SSSR count). The highest BCUT2D eigenvalue weighted by Crippen LogP contribution is 2.32. The number of benzene rings is 2. The van der Waals surface area contributed by atoms with Crippen LogP contribution in [0, 0.1) is 5.82 Å². The molecule has 160 valence electrons. The molecule has 2 aromatic heterocycles. The standard InChI is InChI=1S/C23H25FN6O/c1-4-31-15-30-22(21(27-28-30)18-10-12-19(24)13-11-18)20-14-25-23(29(20)3)26-16(2)17-8-6-5-7-9-17/h5-14,16H,4,15H2,1-3H3,(H,25,26). The van der Waals surface area contributed by atoms with E-state index < -0.39 is 0 Å². The monoisotopic (exact) mass is 420 g/mol. The number of imidazole rings is 1. The minimum absolute atomic E-state index is 0.0816. The fourth-order valence-electron chi connectivity index (χ4n) is 3.42. The maximum atomic E-state index is 13.4. The summed E-state index contributed by atoms with van der Waals surface area (Å²) in [7, 11) is 1.94. The second-order valence-electron chi connectivity index (χ2n) is 7.22. The third-order valence-electron chi connectivity index (χ3n) is 5.15. The molecule has 0 saturated heterocycles. The number of hydrogen-bond donors (Lipinski definition) is 1. The number of nitrogens with zero attached hydrogens (tertiary/aromatic N) is 5. The van der Waals surface area contributed by atoms with Gasteiger partial charge in [-0.25, -0.2) is 14.1 Å². The van der Waals surface area contributed by atoms with E-state index in [2.05, 4.69) is 39.7 Å². The van der Waals surface area contributed by atoms with E-state index in [4.69, 9.17) is 4.74 Å². The van der Waals surface area contributed by atoms with Gasteiger partial charge in [0.25, 0.3) is 0 Å². The molecule has 0 saturated carbocycles. The van der Waals surface area contributed by atoms with E-state index in [1.54, 1.807) is 23.0 Å². The summed E-state index contributed by atoms with van der Waals surface area (Å²) >= 11 is 0. The normalized spacial score (nSPS) is 12.1. The van der Waals surface area contributed by atoms with Gasteiger partial charge in [-0.2, -0.15) is 0 Å². The molecule has 8 heteroatoms. The van der Waals surface area contributed by atoms with Gasteiger partial charge < -0.3 is 14.6 Å². The average molecular weight is 420 g/mol. The van der Waals surface area contributed by atoms with Gasteiger partial charge in [0.2, 0.25) is 5.95 Å². The van der Waals surface area contributed by atoms with Crippen LogP contribution in [0.5, 0.6) is 0 Å². The van der Waals surface area contributed by atoms with Gasteiger partial charge >= 0.3 is 0 Å². The van der Waals surface area contributed by atoms with E-state index >= 15 is 0 Å². The Morgan fingerprint density at radius 2 is 1.84 bits per heavy atom. The quantitative estimate of drug-likeness (QED) is 0.449. The zero-order valence-corrected chi connectivity index (χ0v) is 17.8. The molecule has 1 unspecified atom stereocenters. The van der Waals surface area contributed by atoms with Gasteiger partial charge in [0.15, 0.2) is 0 Å². The zero-order valence-electron chi connectivity index (χ0n) is 17.8. The molecule has 2 aromatic carbocycles. The van der Waals surface area contributed by atoms with Crippen molar-refractivity contribution < 1.29 is 9.13 Å². The van der Waals surface area contributed by atoms with Crippen LogP contribution in [0.3, 0.4) is 0 Å². The van der Waals surface area contributed by atoms with Crippen LogP contribution in [-0.2, 0) is 18.5 Å². The number of ether oxygens (including phenoxy) is 1. The Hall–Kier alpha value is -3.52. The lowest BCUT2D eigenvalue weighted by Gasteiger charge is -2.16. The van der Waals surface area contributed by atoms with Gasteiger partial charge in [-0.05, 0) is 43.7 Å². The Bertz CT molecular complexity index is 1140. The number of anilines is 1. The van der Waals surface area contributed by atoms with Crippen LogP contribution in [0.15, 0.2) is 60.8 Å². The predicted octanol–water partition coefficient (Wildman–Crippen LogP) is 4.65. The summed E-state index contributed by atoms with van der Waals surface area (Å²) < 4.78 is 22.7. The summed E-state index contributed by atoms with van der Waals surface area (Å²) in [6.07, 6.45) is 1.79. The third-order valence-corrected chi connectivity index (χ3v) is 5.15. The van der Waals surface area contributed by atoms with E-state index in [1.165, 1.54) is 17.7 Å². The van der Waals surface area contributed by atoms with E-state index in [1.807, 2.05) is 36.7 Å². The highest BCUT2D eigenvalue weighted by Gasteiger charge is 2.21. The van der Waals surface area contributed by atoms with Crippen LogP contribution in [-0.4, -0.2) is 31.2 Å². The molecule has 7 nitrogen and oxygen atoms in total. The number of nitrogens with one attached hydrogen (secondary N) is 1. The summed E-state index contributed by atoms with van der Waals surface area (Å²) in [6.45, 7) is 4.83. The highest BCUT2D eigenvalue weighted by atomic mass is 19.1. The summed E-state index contributed by atoms with van der Waals surface area (Å²) in [5.74, 6) is 0.425. The molecular formula is C23H25FN6O. The summed E-state index contributed by atoms with van der Waals surface area (Å²) in [5, 5.41) is 12.1. The SMILES string of the molecule is CCOCn1nnc(-c2ccc(F)cc2)c1-c1cnc(NC(C)c2ccccc2)n1C. The lowest BCUT2D eigenvalue weighted by Crippen LogP contribution is -2.12. The van der Waals surface area contributed by atoms with Gasteiger partial charge in [-0.15, -0.1) is 5.10 Å². The fourth-order valence-corrected chi connectivity index (χ4v) is 3.42. The lowest BCUT2D eigenvalue weighted by atomic mass is 10.1. The van der Waals surface area contributed by atoms with Crippen molar-refractivity contribution >= 4 is 5.95 Å². The fraction of sp³-hybridized carbons (Fsp3) is 0.261. The first-order chi connectivity index (χ1) is 15.1. The van der Waals surface area contributed by atoms with Gasteiger partial charge in [0.05, 0.1) is 17.9 Å². The van der Waals surface area contributed by atoms with E-state index in [0.29, 0.717) is 12.3 Å². The second kappa shape index (κ2) is 9.09. The van der Waals surface area contributed by atoms with Gasteiger partial charge in [-0.1, -0.05) is 35.5 Å². The van der Waals surface area contributed by atoms with E-state index in [-0.39, 0.29) is 18.6 Å². The molecule has 31 heavy (non-hydrogen) atoms. The van der Waals surface area contributed by atoms with Crippen LogP contribution in [0.25, 0.3) is 22.6 Å². The highest BCUT2D eigenvalue weighted by molar-refractivity contribution is 5.76. The molecule has 0 aliphatic carbocycles. The maximum absolute atomic E-state index is 13.4. The van der Waals surface area contributed by atoms with Crippen molar-refractivity contribution in [2.24, 2.45) is 7.05 Å². The van der Waals surface area contributed by atoms with E-state index in [0.717, 1.165) is 22.9 Å². The molecule has 0 aliphatic heterocycles. The smallest absolute Gasteiger partial charge is 0.203 e. The van der Waals surface area contributed by atoms with Crippen molar-refractivity contribution in [3.05, 3.63) is 72.2 Å². The third kappa shape index (κ3) is 4.34. The minimum atomic E-state index is -0.297. The molecule has 0 aliphatic rings. The molecule has 2 heterocycles. The summed E-state index contributed by atoms with van der Waals surface area (Å²) in [5.41, 5.74) is 4.17. The number of aromatic nitrogens is 5. The second-order valence-corrected chi connectivity index (χ2v) is 7.22. The van der Waals surface area contributed by atoms with Crippen molar-refractivity contribution in [1.29, 1.82) is 0 Å². The number of hydrogen-bond acceptors (Lipinski definition) is 5. The summed E-state index contributed by atoms with van der Waals surface area (Å²) in [6, 6.07) is 16.5. The molecule has 1 N–H and O–H groups in total. The molecule has 0 spiro atoms. The van der Waals surface area contributed by atoms with Crippen molar-refractivity contribution in [1.82, 2.24) is 24.5 Å². The van der Waals surface area contributed by atoms with Crippen molar-refractivity contribution in [2.45, 2.75) is 26.6 Å². The maximum Gasteiger partial charge on any atom is 0.203 e. The predicted molar refractivity (Wildman–Crippen MR) is 118 cm³/mol. The molecule has 0 radical (unpaired) electrons. The van der Waals surface area contributed by atoms with Gasteiger partial charge in [-0.3, -0.25) is 0 Å². The topological polar surface area (TPSA) is 69.8 Å². The molecule has 1 atom stereocenters. The van der Waals surface area contributed by atoms with Crippen LogP contribution in [0.4, 0.5) is 10.3 Å². The lowest BCUT2D eigenvalue weighted by molar-refractivity contribution is 0.0789. The minimum Gasteiger partial charge on any atom is -0.359 e. The van der Waals surface area contributed by atoms with Crippen LogP contribution in [0.1, 0.15) is 25.5 Å². The van der Waals surface area contributed by atoms with Crippen molar-refractivity contribution in [3.63, 3.8) is 0 Å². The van der Waals surface area contributed by atoms with E-state index in [9.17, 15) is 4.39 Å². The molecule has 0 bridgehead atoms. The number of rotatable bonds is 8. The van der Waals surface area contributed by atoms with Gasteiger partial charge in [0.1, 0.15) is 23.9 Å². The molecule has 0 amide bonds. The van der Waals surface area contributed by atoms with Crippen LogP contribution < -0.4 is 5.32 Å². The Balaban J connectivity index is 1.71. The Morgan fingerprint density at radius 1 is 1.10 bits per heavy atom.